The first-order valence-corrected chi connectivity index (χ1v) is 4.59. The molecule has 1 aliphatic carbocycles. The van der Waals surface area contributed by atoms with Gasteiger partial charge in [-0.3, -0.25) is 0 Å². The van der Waals surface area contributed by atoms with Crippen LogP contribution in [-0.2, 0) is 9.53 Å². The predicted molar refractivity (Wildman–Crippen MR) is 49.6 cm³/mol. The summed E-state index contributed by atoms with van der Waals surface area (Å²) in [7, 11) is 0. The largest absolute Gasteiger partial charge is 0.480 e. The molecule has 0 radical (unpaired) electrons. The van der Waals surface area contributed by atoms with Crippen molar-refractivity contribution in [2.24, 2.45) is 5.92 Å². The minimum Gasteiger partial charge on any atom is -0.480 e. The van der Waals surface area contributed by atoms with Gasteiger partial charge in [-0.15, -0.1) is 0 Å². The van der Waals surface area contributed by atoms with E-state index in [9.17, 15) is 4.79 Å². The summed E-state index contributed by atoms with van der Waals surface area (Å²) in [5.74, 6) is -0.335. The maximum absolute atomic E-state index is 10.2. The second-order valence-electron chi connectivity index (χ2n) is 3.63. The highest BCUT2D eigenvalue weighted by Crippen LogP contribution is 2.31. The Morgan fingerprint density at radius 2 is 2.38 bits per heavy atom. The second-order valence-corrected chi connectivity index (χ2v) is 3.63. The summed E-state index contributed by atoms with van der Waals surface area (Å²) < 4.78 is 5.06. The fourth-order valence-corrected chi connectivity index (χ4v) is 1.70. The lowest BCUT2D eigenvalue weighted by atomic mass is 10.0. The molecule has 0 spiro atoms. The Morgan fingerprint density at radius 3 is 2.85 bits per heavy atom. The van der Waals surface area contributed by atoms with Crippen LogP contribution in [0.15, 0.2) is 11.1 Å². The van der Waals surface area contributed by atoms with E-state index in [2.05, 4.69) is 13.8 Å². The summed E-state index contributed by atoms with van der Waals surface area (Å²) in [6.45, 7) is 4.56. The van der Waals surface area contributed by atoms with Gasteiger partial charge in [0.05, 0.1) is 6.61 Å². The van der Waals surface area contributed by atoms with Crippen molar-refractivity contribution in [1.82, 2.24) is 0 Å². The molecule has 1 N–H and O–H groups in total. The van der Waals surface area contributed by atoms with Crippen LogP contribution in [0.4, 0.5) is 0 Å². The van der Waals surface area contributed by atoms with Gasteiger partial charge in [-0.05, 0) is 31.3 Å². The van der Waals surface area contributed by atoms with Gasteiger partial charge in [0.15, 0.2) is 0 Å². The van der Waals surface area contributed by atoms with E-state index in [1.807, 2.05) is 0 Å². The predicted octanol–water partition coefficient (Wildman–Crippen LogP) is 1.83. The van der Waals surface area contributed by atoms with Gasteiger partial charge in [0.2, 0.25) is 0 Å². The highest BCUT2D eigenvalue weighted by Gasteiger charge is 2.18. The third kappa shape index (κ3) is 2.84. The van der Waals surface area contributed by atoms with Gasteiger partial charge in [-0.25, -0.2) is 4.79 Å². The fraction of sp³-hybridized carbons (Fsp3) is 0.700. The van der Waals surface area contributed by atoms with Crippen molar-refractivity contribution in [3.05, 3.63) is 11.1 Å². The molecule has 1 aliphatic rings. The van der Waals surface area contributed by atoms with Gasteiger partial charge < -0.3 is 9.84 Å². The molecule has 3 heteroatoms. The van der Waals surface area contributed by atoms with Crippen molar-refractivity contribution in [3.8, 4) is 0 Å². The molecule has 1 rings (SSSR count). The summed E-state index contributed by atoms with van der Waals surface area (Å²) in [4.78, 5) is 10.2. The lowest BCUT2D eigenvalue weighted by Gasteiger charge is -2.09. The maximum atomic E-state index is 10.2. The minimum absolute atomic E-state index is 0.191. The average molecular weight is 184 g/mol. The SMILES string of the molecule is CC1=C(COCC(=O)O)C(C)CC1. The van der Waals surface area contributed by atoms with Gasteiger partial charge in [-0.2, -0.15) is 0 Å². The van der Waals surface area contributed by atoms with Crippen LogP contribution >= 0.6 is 0 Å². The summed E-state index contributed by atoms with van der Waals surface area (Å²) in [5.41, 5.74) is 2.67. The molecule has 0 aromatic heterocycles. The minimum atomic E-state index is -0.899. The number of rotatable bonds is 4. The van der Waals surface area contributed by atoms with Crippen LogP contribution in [0.3, 0.4) is 0 Å². The van der Waals surface area contributed by atoms with Gasteiger partial charge >= 0.3 is 5.97 Å². The number of ether oxygens (including phenoxy) is 1. The van der Waals surface area contributed by atoms with Gasteiger partial charge in [0.25, 0.3) is 0 Å². The lowest BCUT2D eigenvalue weighted by molar-refractivity contribution is -0.141. The number of hydrogen-bond donors (Lipinski definition) is 1. The molecule has 0 amide bonds. The first kappa shape index (κ1) is 10.3. The zero-order valence-electron chi connectivity index (χ0n) is 8.17. The number of aliphatic carboxylic acids is 1. The molecule has 3 nitrogen and oxygen atoms in total. The molecule has 1 unspecified atom stereocenters. The molecular formula is C10H16O3. The summed E-state index contributed by atoms with van der Waals surface area (Å²) >= 11 is 0. The Bertz CT molecular complexity index is 230. The molecule has 1 atom stereocenters. The molecule has 13 heavy (non-hydrogen) atoms. The Labute approximate surface area is 78.4 Å². The van der Waals surface area contributed by atoms with Crippen LogP contribution in [0.25, 0.3) is 0 Å². The molecular weight excluding hydrogens is 168 g/mol. The van der Waals surface area contributed by atoms with Gasteiger partial charge in [0.1, 0.15) is 6.61 Å². The van der Waals surface area contributed by atoms with Crippen molar-refractivity contribution in [2.75, 3.05) is 13.2 Å². The molecule has 0 aromatic rings. The third-order valence-corrected chi connectivity index (χ3v) is 2.58. The van der Waals surface area contributed by atoms with Crippen molar-refractivity contribution in [2.45, 2.75) is 26.7 Å². The van der Waals surface area contributed by atoms with E-state index in [4.69, 9.17) is 9.84 Å². The summed E-state index contributed by atoms with van der Waals surface area (Å²) in [6, 6.07) is 0. The van der Waals surface area contributed by atoms with Gasteiger partial charge in [0, 0.05) is 0 Å². The van der Waals surface area contributed by atoms with Crippen LogP contribution in [-0.4, -0.2) is 24.3 Å². The van der Waals surface area contributed by atoms with Crippen molar-refractivity contribution < 1.29 is 14.6 Å². The molecule has 0 saturated carbocycles. The molecule has 0 aromatic carbocycles. The molecule has 0 heterocycles. The number of carboxylic acids is 1. The molecule has 74 valence electrons. The number of hydrogen-bond acceptors (Lipinski definition) is 2. The van der Waals surface area contributed by atoms with Crippen molar-refractivity contribution in [1.29, 1.82) is 0 Å². The van der Waals surface area contributed by atoms with E-state index in [1.165, 1.54) is 17.6 Å². The van der Waals surface area contributed by atoms with E-state index in [-0.39, 0.29) is 6.61 Å². The van der Waals surface area contributed by atoms with E-state index in [1.54, 1.807) is 0 Å². The number of carbonyl (C=O) groups is 1. The second kappa shape index (κ2) is 4.42. The van der Waals surface area contributed by atoms with Crippen LogP contribution < -0.4 is 0 Å². The molecule has 0 fully saturated rings. The van der Waals surface area contributed by atoms with E-state index in [0.29, 0.717) is 12.5 Å². The molecule has 0 saturated heterocycles. The Hall–Kier alpha value is -0.830. The quantitative estimate of drug-likeness (QED) is 0.678. The highest BCUT2D eigenvalue weighted by atomic mass is 16.5. The molecule has 0 bridgehead atoms. The summed E-state index contributed by atoms with van der Waals surface area (Å²) in [5, 5.41) is 8.38. The van der Waals surface area contributed by atoms with E-state index < -0.39 is 5.97 Å². The maximum Gasteiger partial charge on any atom is 0.329 e. The Kier molecular flexibility index (Phi) is 3.48. The van der Waals surface area contributed by atoms with Crippen LogP contribution in [0, 0.1) is 5.92 Å². The number of carboxylic acid groups (broad SMARTS) is 1. The monoisotopic (exact) mass is 184 g/mol. The van der Waals surface area contributed by atoms with Gasteiger partial charge in [-0.1, -0.05) is 12.5 Å². The number of allylic oxidation sites excluding steroid dienone is 1. The lowest BCUT2D eigenvalue weighted by Crippen LogP contribution is -2.11. The van der Waals surface area contributed by atoms with E-state index in [0.717, 1.165) is 6.42 Å². The van der Waals surface area contributed by atoms with Crippen LogP contribution in [0.2, 0.25) is 0 Å². The van der Waals surface area contributed by atoms with Crippen molar-refractivity contribution >= 4 is 5.97 Å². The normalized spacial score (nSPS) is 22.5. The van der Waals surface area contributed by atoms with Crippen LogP contribution in [0.1, 0.15) is 26.7 Å². The Balaban J connectivity index is 2.35. The molecule has 0 aliphatic heterocycles. The fourth-order valence-electron chi connectivity index (χ4n) is 1.70. The summed E-state index contributed by atoms with van der Waals surface area (Å²) in [6.07, 6.45) is 2.31. The van der Waals surface area contributed by atoms with E-state index >= 15 is 0 Å². The first-order valence-electron chi connectivity index (χ1n) is 4.59. The topological polar surface area (TPSA) is 46.5 Å². The smallest absolute Gasteiger partial charge is 0.329 e. The highest BCUT2D eigenvalue weighted by molar-refractivity contribution is 5.68. The standard InChI is InChI=1S/C10H16O3/c1-7-3-4-8(2)9(7)5-13-6-10(11)12/h7H,3-6H2,1-2H3,(H,11,12). The zero-order valence-corrected chi connectivity index (χ0v) is 8.17. The Morgan fingerprint density at radius 1 is 1.69 bits per heavy atom. The zero-order chi connectivity index (χ0) is 9.84. The van der Waals surface area contributed by atoms with Crippen molar-refractivity contribution in [3.63, 3.8) is 0 Å². The van der Waals surface area contributed by atoms with Crippen LogP contribution in [0.5, 0.6) is 0 Å². The average Bonchev–Trinajstić information content (AvgIpc) is 2.34. The third-order valence-electron chi connectivity index (χ3n) is 2.58. The first-order chi connectivity index (χ1) is 6.11.